The zero-order valence-corrected chi connectivity index (χ0v) is 16.4. The Morgan fingerprint density at radius 3 is 2.82 bits per heavy atom. The van der Waals surface area contributed by atoms with Crippen molar-refractivity contribution in [3.05, 3.63) is 53.7 Å². The number of hydrogen-bond donors (Lipinski definition) is 0. The Kier molecular flexibility index (Phi) is 6.13. The molecule has 1 aliphatic heterocycles. The fourth-order valence-electron chi connectivity index (χ4n) is 3.17. The molecule has 1 aromatic carbocycles. The van der Waals surface area contributed by atoms with Crippen LogP contribution < -0.4 is 9.47 Å². The molecule has 1 saturated heterocycles. The minimum absolute atomic E-state index is 0.0463. The number of rotatable bonds is 6. The monoisotopic (exact) mass is 383 g/mol. The SMILES string of the molecule is COc1cccc(CC(=O)N2CCC(Oc3ncccc3C(=O)N(C)C)C2)c1. The maximum Gasteiger partial charge on any atom is 0.258 e. The molecule has 1 aliphatic rings. The Bertz CT molecular complexity index is 853. The smallest absolute Gasteiger partial charge is 0.258 e. The van der Waals surface area contributed by atoms with E-state index in [0.29, 0.717) is 37.4 Å². The molecule has 28 heavy (non-hydrogen) atoms. The summed E-state index contributed by atoms with van der Waals surface area (Å²) in [6.07, 6.45) is 2.44. The summed E-state index contributed by atoms with van der Waals surface area (Å²) >= 11 is 0. The molecule has 1 unspecified atom stereocenters. The molecular formula is C21H25N3O4. The van der Waals surface area contributed by atoms with Gasteiger partial charge in [-0.1, -0.05) is 12.1 Å². The van der Waals surface area contributed by atoms with E-state index in [0.717, 1.165) is 11.3 Å². The van der Waals surface area contributed by atoms with Gasteiger partial charge in [-0.3, -0.25) is 9.59 Å². The summed E-state index contributed by atoms with van der Waals surface area (Å²) in [5.41, 5.74) is 1.34. The number of carbonyl (C=O) groups excluding carboxylic acids is 2. The molecule has 0 saturated carbocycles. The molecule has 2 aromatic rings. The van der Waals surface area contributed by atoms with Crippen LogP contribution in [0, 0.1) is 0 Å². The summed E-state index contributed by atoms with van der Waals surface area (Å²) in [6, 6.07) is 10.9. The van der Waals surface area contributed by atoms with E-state index >= 15 is 0 Å². The summed E-state index contributed by atoms with van der Waals surface area (Å²) in [7, 11) is 4.98. The first-order valence-electron chi connectivity index (χ1n) is 9.22. The predicted molar refractivity (Wildman–Crippen MR) is 105 cm³/mol. The number of carbonyl (C=O) groups is 2. The van der Waals surface area contributed by atoms with Crippen molar-refractivity contribution >= 4 is 11.8 Å². The quantitative estimate of drug-likeness (QED) is 0.763. The predicted octanol–water partition coefficient (Wildman–Crippen LogP) is 2.01. The first-order valence-corrected chi connectivity index (χ1v) is 9.22. The van der Waals surface area contributed by atoms with Gasteiger partial charge in [0.2, 0.25) is 11.8 Å². The van der Waals surface area contributed by atoms with E-state index < -0.39 is 0 Å². The second-order valence-electron chi connectivity index (χ2n) is 6.95. The Morgan fingerprint density at radius 2 is 2.07 bits per heavy atom. The van der Waals surface area contributed by atoms with Gasteiger partial charge in [0.05, 0.1) is 20.1 Å². The number of pyridine rings is 1. The molecule has 0 spiro atoms. The van der Waals surface area contributed by atoms with Crippen molar-refractivity contribution < 1.29 is 19.1 Å². The van der Waals surface area contributed by atoms with Gasteiger partial charge in [0.25, 0.3) is 5.91 Å². The number of hydrogen-bond acceptors (Lipinski definition) is 5. The van der Waals surface area contributed by atoms with Crippen LogP contribution in [0.3, 0.4) is 0 Å². The fourth-order valence-corrected chi connectivity index (χ4v) is 3.17. The molecule has 0 N–H and O–H groups in total. The van der Waals surface area contributed by atoms with Gasteiger partial charge >= 0.3 is 0 Å². The lowest BCUT2D eigenvalue weighted by Gasteiger charge is -2.19. The molecule has 1 atom stereocenters. The van der Waals surface area contributed by atoms with E-state index in [1.54, 1.807) is 44.4 Å². The highest BCUT2D eigenvalue weighted by molar-refractivity contribution is 5.96. The molecule has 0 radical (unpaired) electrons. The third-order valence-electron chi connectivity index (χ3n) is 4.67. The van der Waals surface area contributed by atoms with Crippen molar-refractivity contribution in [2.75, 3.05) is 34.3 Å². The topological polar surface area (TPSA) is 72.0 Å². The highest BCUT2D eigenvalue weighted by Gasteiger charge is 2.29. The van der Waals surface area contributed by atoms with Gasteiger partial charge in [-0.15, -0.1) is 0 Å². The van der Waals surface area contributed by atoms with Crippen LogP contribution in [0.1, 0.15) is 22.3 Å². The zero-order chi connectivity index (χ0) is 20.1. The van der Waals surface area contributed by atoms with Gasteiger partial charge in [0.15, 0.2) is 0 Å². The van der Waals surface area contributed by atoms with Crippen molar-refractivity contribution in [1.82, 2.24) is 14.8 Å². The minimum atomic E-state index is -0.183. The molecule has 2 heterocycles. The average Bonchev–Trinajstić information content (AvgIpc) is 3.16. The molecule has 0 aliphatic carbocycles. The lowest BCUT2D eigenvalue weighted by Crippen LogP contribution is -2.32. The van der Waals surface area contributed by atoms with Crippen LogP contribution in [0.4, 0.5) is 0 Å². The maximum atomic E-state index is 12.6. The number of methoxy groups -OCH3 is 1. The molecule has 3 rings (SSSR count). The van der Waals surface area contributed by atoms with Gasteiger partial charge in [-0.2, -0.15) is 0 Å². The van der Waals surface area contributed by atoms with Crippen molar-refractivity contribution in [1.29, 1.82) is 0 Å². The average molecular weight is 383 g/mol. The Labute approximate surface area is 164 Å². The lowest BCUT2D eigenvalue weighted by atomic mass is 10.1. The third-order valence-corrected chi connectivity index (χ3v) is 4.67. The molecule has 2 amide bonds. The van der Waals surface area contributed by atoms with Crippen LogP contribution >= 0.6 is 0 Å². The number of nitrogens with zero attached hydrogens (tertiary/aromatic N) is 3. The largest absolute Gasteiger partial charge is 0.497 e. The number of likely N-dealkylation sites (tertiary alicyclic amines) is 1. The number of ether oxygens (including phenoxy) is 2. The fraction of sp³-hybridized carbons (Fsp3) is 0.381. The van der Waals surface area contributed by atoms with E-state index in [9.17, 15) is 9.59 Å². The standard InChI is InChI=1S/C21H25N3O4/c1-23(2)21(26)18-8-5-10-22-20(18)28-17-9-11-24(14-17)19(25)13-15-6-4-7-16(12-15)27-3/h4-8,10,12,17H,9,11,13-14H2,1-3H3. The van der Waals surface area contributed by atoms with Gasteiger partial charge in [0, 0.05) is 33.3 Å². The van der Waals surface area contributed by atoms with E-state index in [2.05, 4.69) is 4.98 Å². The first-order chi connectivity index (χ1) is 13.5. The molecule has 7 heteroatoms. The van der Waals surface area contributed by atoms with Crippen molar-refractivity contribution in [3.63, 3.8) is 0 Å². The molecule has 148 valence electrons. The van der Waals surface area contributed by atoms with Gasteiger partial charge < -0.3 is 19.3 Å². The van der Waals surface area contributed by atoms with Crippen LogP contribution in [0.25, 0.3) is 0 Å². The van der Waals surface area contributed by atoms with Gasteiger partial charge in [-0.25, -0.2) is 4.98 Å². The van der Waals surface area contributed by atoms with Crippen molar-refractivity contribution in [2.45, 2.75) is 18.9 Å². The molecule has 7 nitrogen and oxygen atoms in total. The van der Waals surface area contributed by atoms with Crippen LogP contribution in [0.2, 0.25) is 0 Å². The number of benzene rings is 1. The summed E-state index contributed by atoms with van der Waals surface area (Å²) in [5.74, 6) is 0.937. The van der Waals surface area contributed by atoms with Crippen molar-refractivity contribution in [3.8, 4) is 11.6 Å². The number of amides is 2. The summed E-state index contributed by atoms with van der Waals surface area (Å²) in [6.45, 7) is 1.10. The van der Waals surface area contributed by atoms with E-state index in [-0.39, 0.29) is 17.9 Å². The van der Waals surface area contributed by atoms with Gasteiger partial charge in [0.1, 0.15) is 17.4 Å². The second-order valence-corrected chi connectivity index (χ2v) is 6.95. The first kappa shape index (κ1) is 19.7. The van der Waals surface area contributed by atoms with Crippen LogP contribution in [0.5, 0.6) is 11.6 Å². The summed E-state index contributed by atoms with van der Waals surface area (Å²) in [4.78, 5) is 32.4. The molecular weight excluding hydrogens is 358 g/mol. The van der Waals surface area contributed by atoms with Gasteiger partial charge in [-0.05, 0) is 29.8 Å². The zero-order valence-electron chi connectivity index (χ0n) is 16.4. The minimum Gasteiger partial charge on any atom is -0.497 e. The van der Waals surface area contributed by atoms with Crippen molar-refractivity contribution in [2.24, 2.45) is 0 Å². The van der Waals surface area contributed by atoms with E-state index in [1.165, 1.54) is 4.90 Å². The van der Waals surface area contributed by atoms with Crippen LogP contribution in [-0.2, 0) is 11.2 Å². The van der Waals surface area contributed by atoms with Crippen LogP contribution in [0.15, 0.2) is 42.6 Å². The Hall–Kier alpha value is -3.09. The van der Waals surface area contributed by atoms with E-state index in [4.69, 9.17) is 9.47 Å². The number of aromatic nitrogens is 1. The Morgan fingerprint density at radius 1 is 1.25 bits per heavy atom. The normalized spacial score (nSPS) is 16.0. The Balaban J connectivity index is 1.61. The van der Waals surface area contributed by atoms with E-state index in [1.807, 2.05) is 24.3 Å². The molecule has 0 bridgehead atoms. The summed E-state index contributed by atoms with van der Waals surface area (Å²) < 4.78 is 11.2. The highest BCUT2D eigenvalue weighted by Crippen LogP contribution is 2.22. The van der Waals surface area contributed by atoms with Crippen LogP contribution in [-0.4, -0.2) is 67.0 Å². The molecule has 1 fully saturated rings. The molecule has 1 aromatic heterocycles. The highest BCUT2D eigenvalue weighted by atomic mass is 16.5. The third kappa shape index (κ3) is 4.60. The lowest BCUT2D eigenvalue weighted by molar-refractivity contribution is -0.129. The maximum absolute atomic E-state index is 12.6. The summed E-state index contributed by atoms with van der Waals surface area (Å²) in [5, 5.41) is 0. The second kappa shape index (κ2) is 8.73.